The van der Waals surface area contributed by atoms with Crippen LogP contribution in [-0.4, -0.2) is 34.6 Å². The molecule has 0 spiro atoms. The highest BCUT2D eigenvalue weighted by atomic mass is 32.2. The molecule has 1 aliphatic heterocycles. The van der Waals surface area contributed by atoms with Crippen LogP contribution in [0.25, 0.3) is 0 Å². The Morgan fingerprint density at radius 2 is 2.26 bits per heavy atom. The molecule has 2 fully saturated rings. The number of ether oxygens (including phenoxy) is 1. The molecule has 2 aliphatic rings. The topological polar surface area (TPSA) is 56.1 Å². The molecule has 144 valence electrons. The zero-order valence-electron chi connectivity index (χ0n) is 15.4. The second kappa shape index (κ2) is 8.02. The van der Waals surface area contributed by atoms with E-state index in [2.05, 4.69) is 10.4 Å². The fraction of sp³-hybridized carbons (Fsp3) is 0.500. The number of benzene rings is 1. The minimum atomic E-state index is -0.272. The van der Waals surface area contributed by atoms with Crippen LogP contribution in [-0.2, 0) is 17.0 Å². The summed E-state index contributed by atoms with van der Waals surface area (Å²) in [5.74, 6) is 0.837. The van der Waals surface area contributed by atoms with Crippen molar-refractivity contribution in [1.82, 2.24) is 15.1 Å². The summed E-state index contributed by atoms with van der Waals surface area (Å²) in [6.45, 7) is 1.56. The molecule has 7 heteroatoms. The SMILES string of the molecule is CSCc1cc(C(=O)N[C@@H]2CCO[C@H]2c2cnn(CC3CC3)c2)ccc1F. The monoisotopic (exact) mass is 389 g/mol. The van der Waals surface area contributed by atoms with Gasteiger partial charge in [-0.3, -0.25) is 9.48 Å². The molecule has 0 radical (unpaired) electrons. The molecular weight excluding hydrogens is 365 g/mol. The third-order valence-electron chi connectivity index (χ3n) is 5.14. The van der Waals surface area contributed by atoms with Gasteiger partial charge >= 0.3 is 0 Å². The Hall–Kier alpha value is -1.86. The van der Waals surface area contributed by atoms with Crippen molar-refractivity contribution in [3.05, 3.63) is 53.1 Å². The van der Waals surface area contributed by atoms with Gasteiger partial charge in [-0.15, -0.1) is 0 Å². The van der Waals surface area contributed by atoms with Crippen molar-refractivity contribution < 1.29 is 13.9 Å². The molecule has 2 aromatic rings. The van der Waals surface area contributed by atoms with Crippen LogP contribution in [0.3, 0.4) is 0 Å². The molecule has 1 aromatic heterocycles. The van der Waals surface area contributed by atoms with Crippen molar-refractivity contribution in [1.29, 1.82) is 0 Å². The first-order valence-corrected chi connectivity index (χ1v) is 10.8. The van der Waals surface area contributed by atoms with Gasteiger partial charge in [0.15, 0.2) is 0 Å². The summed E-state index contributed by atoms with van der Waals surface area (Å²) in [4.78, 5) is 12.7. The van der Waals surface area contributed by atoms with Crippen LogP contribution in [0.15, 0.2) is 30.6 Å². The number of aromatic nitrogens is 2. The van der Waals surface area contributed by atoms with E-state index in [9.17, 15) is 9.18 Å². The van der Waals surface area contributed by atoms with Gasteiger partial charge in [0.25, 0.3) is 5.91 Å². The number of hydrogen-bond acceptors (Lipinski definition) is 4. The fourth-order valence-corrected chi connectivity index (χ4v) is 4.02. The number of nitrogens with one attached hydrogen (secondary N) is 1. The maximum atomic E-state index is 13.8. The molecule has 0 unspecified atom stereocenters. The van der Waals surface area contributed by atoms with Gasteiger partial charge < -0.3 is 10.1 Å². The molecule has 5 nitrogen and oxygen atoms in total. The van der Waals surface area contributed by atoms with Crippen LogP contribution in [0.4, 0.5) is 4.39 Å². The Balaban J connectivity index is 1.43. The zero-order valence-corrected chi connectivity index (χ0v) is 16.2. The predicted molar refractivity (Wildman–Crippen MR) is 103 cm³/mol. The van der Waals surface area contributed by atoms with E-state index in [1.54, 1.807) is 6.07 Å². The van der Waals surface area contributed by atoms with Gasteiger partial charge in [-0.25, -0.2) is 4.39 Å². The van der Waals surface area contributed by atoms with Crippen molar-refractivity contribution in [3.63, 3.8) is 0 Å². The number of amides is 1. The van der Waals surface area contributed by atoms with Crippen molar-refractivity contribution >= 4 is 17.7 Å². The second-order valence-electron chi connectivity index (χ2n) is 7.34. The van der Waals surface area contributed by atoms with Crippen molar-refractivity contribution in [3.8, 4) is 0 Å². The molecule has 1 amide bonds. The van der Waals surface area contributed by atoms with Crippen LogP contribution in [0.5, 0.6) is 0 Å². The van der Waals surface area contributed by atoms with Crippen LogP contribution in [0, 0.1) is 11.7 Å². The van der Waals surface area contributed by atoms with Crippen LogP contribution in [0.1, 0.15) is 46.9 Å². The van der Waals surface area contributed by atoms with Crippen LogP contribution >= 0.6 is 11.8 Å². The molecule has 0 bridgehead atoms. The number of thioether (sulfide) groups is 1. The number of rotatable bonds is 7. The normalized spacial score (nSPS) is 22.1. The van der Waals surface area contributed by atoms with E-state index in [1.807, 2.05) is 23.3 Å². The molecule has 2 atom stereocenters. The van der Waals surface area contributed by atoms with Crippen LogP contribution < -0.4 is 5.32 Å². The summed E-state index contributed by atoms with van der Waals surface area (Å²) in [6.07, 6.45) is 8.91. The van der Waals surface area contributed by atoms with Gasteiger partial charge in [0, 0.05) is 36.2 Å². The Labute approximate surface area is 162 Å². The summed E-state index contributed by atoms with van der Waals surface area (Å²) >= 11 is 1.53. The summed E-state index contributed by atoms with van der Waals surface area (Å²) in [7, 11) is 0. The molecule has 2 heterocycles. The number of halogens is 1. The molecule has 1 aliphatic carbocycles. The molecule has 1 N–H and O–H groups in total. The van der Waals surface area contributed by atoms with Gasteiger partial charge in [0.2, 0.25) is 0 Å². The van der Waals surface area contributed by atoms with E-state index in [4.69, 9.17) is 4.74 Å². The maximum absolute atomic E-state index is 13.8. The highest BCUT2D eigenvalue weighted by Gasteiger charge is 2.32. The Kier molecular flexibility index (Phi) is 5.50. The lowest BCUT2D eigenvalue weighted by molar-refractivity contribution is 0.0821. The smallest absolute Gasteiger partial charge is 0.251 e. The summed E-state index contributed by atoms with van der Waals surface area (Å²) < 4.78 is 21.7. The number of carbonyl (C=O) groups is 1. The Bertz CT molecular complexity index is 821. The quantitative estimate of drug-likeness (QED) is 0.787. The number of carbonyl (C=O) groups excluding carboxylic acids is 1. The molecule has 4 rings (SSSR count). The van der Waals surface area contributed by atoms with Gasteiger partial charge in [-0.1, -0.05) is 0 Å². The minimum absolute atomic E-state index is 0.106. The predicted octanol–water partition coefficient (Wildman–Crippen LogP) is 3.56. The third-order valence-corrected chi connectivity index (χ3v) is 5.74. The molecule has 27 heavy (non-hydrogen) atoms. The first-order valence-electron chi connectivity index (χ1n) is 9.36. The summed E-state index contributed by atoms with van der Waals surface area (Å²) in [5, 5.41) is 7.50. The van der Waals surface area contributed by atoms with E-state index in [-0.39, 0.29) is 23.9 Å². The lowest BCUT2D eigenvalue weighted by atomic mass is 10.0. The first-order chi connectivity index (χ1) is 13.1. The standard InChI is InChI=1S/C20H24FN3O2S/c1-27-12-15-8-14(4-5-17(15)21)20(25)23-18-6-7-26-19(18)16-9-22-24(11-16)10-13-2-3-13/h4-5,8-9,11,13,18-19H,2-3,6-7,10,12H2,1H3,(H,23,25)/t18-,19+/m1/s1. The Morgan fingerprint density at radius 1 is 1.41 bits per heavy atom. The summed E-state index contributed by atoms with van der Waals surface area (Å²) in [6, 6.07) is 4.43. The van der Waals surface area contributed by atoms with Gasteiger partial charge in [-0.2, -0.15) is 16.9 Å². The van der Waals surface area contributed by atoms with E-state index in [0.29, 0.717) is 23.5 Å². The Morgan fingerprint density at radius 3 is 3.04 bits per heavy atom. The van der Waals surface area contributed by atoms with E-state index in [1.165, 1.54) is 36.7 Å². The lowest BCUT2D eigenvalue weighted by Crippen LogP contribution is -2.36. The average Bonchev–Trinajstić information content (AvgIpc) is 3.14. The number of nitrogens with zero attached hydrogens (tertiary/aromatic N) is 2. The van der Waals surface area contributed by atoms with E-state index < -0.39 is 0 Å². The largest absolute Gasteiger partial charge is 0.371 e. The fourth-order valence-electron chi connectivity index (χ4n) is 3.49. The highest BCUT2D eigenvalue weighted by molar-refractivity contribution is 7.97. The summed E-state index contributed by atoms with van der Waals surface area (Å²) in [5.41, 5.74) is 2.03. The molecule has 1 saturated carbocycles. The van der Waals surface area contributed by atoms with Crippen molar-refractivity contribution in [2.45, 2.75) is 43.7 Å². The minimum Gasteiger partial charge on any atom is -0.371 e. The lowest BCUT2D eigenvalue weighted by Gasteiger charge is -2.19. The first kappa shape index (κ1) is 18.5. The van der Waals surface area contributed by atoms with Gasteiger partial charge in [0.05, 0.1) is 12.2 Å². The third kappa shape index (κ3) is 4.35. The average molecular weight is 389 g/mol. The maximum Gasteiger partial charge on any atom is 0.251 e. The van der Waals surface area contributed by atoms with Crippen molar-refractivity contribution in [2.75, 3.05) is 12.9 Å². The molecular formula is C20H24FN3O2S. The van der Waals surface area contributed by atoms with E-state index >= 15 is 0 Å². The molecule has 1 aromatic carbocycles. The highest BCUT2D eigenvalue weighted by Crippen LogP contribution is 2.32. The second-order valence-corrected chi connectivity index (χ2v) is 8.20. The van der Waals surface area contributed by atoms with E-state index in [0.717, 1.165) is 24.4 Å². The van der Waals surface area contributed by atoms with Crippen LogP contribution in [0.2, 0.25) is 0 Å². The van der Waals surface area contributed by atoms with Gasteiger partial charge in [0.1, 0.15) is 11.9 Å². The number of hydrogen-bond donors (Lipinski definition) is 1. The zero-order chi connectivity index (χ0) is 18.8. The van der Waals surface area contributed by atoms with Crippen molar-refractivity contribution in [2.24, 2.45) is 5.92 Å². The molecule has 1 saturated heterocycles. The van der Waals surface area contributed by atoms with Gasteiger partial charge in [-0.05, 0) is 55.2 Å².